The zero-order valence-corrected chi connectivity index (χ0v) is 22.9. The van der Waals surface area contributed by atoms with Gasteiger partial charge in [-0.2, -0.15) is 0 Å². The van der Waals surface area contributed by atoms with E-state index in [1.165, 1.54) is 25.3 Å². The summed E-state index contributed by atoms with van der Waals surface area (Å²) in [5.41, 5.74) is 2.96. The standard InChI is InChI=1S/C26H33FO7.Na/c1-16(2)22-15-23(34-12-11-32-3)26(33-4)25(17-5-7-18(27)8-6-17)21(22)10-9-19(28)13-20(29)14-24(30)31;/h5-10,15-16,19-20,28-29H,11-14H2,1-4H3,(H,30,31);/q;+1/p-1/b10-9+;. The van der Waals surface area contributed by atoms with E-state index in [1.807, 2.05) is 19.9 Å². The molecule has 0 fully saturated rings. The van der Waals surface area contributed by atoms with Crippen LogP contribution in [0.2, 0.25) is 0 Å². The molecule has 0 bridgehead atoms. The van der Waals surface area contributed by atoms with Crippen LogP contribution in [0.25, 0.3) is 17.2 Å². The van der Waals surface area contributed by atoms with Crippen molar-refractivity contribution in [2.45, 2.75) is 44.8 Å². The van der Waals surface area contributed by atoms with Gasteiger partial charge in [-0.15, -0.1) is 0 Å². The molecule has 0 radical (unpaired) electrons. The Hall–Kier alpha value is -1.94. The SMILES string of the molecule is COCCOc1cc(C(C)C)c(/C=C/C(O)CC(O)CC(=O)[O-])c(-c2ccc(F)cc2)c1OC.[Na+]. The largest absolute Gasteiger partial charge is 1.00 e. The van der Waals surface area contributed by atoms with Crippen molar-refractivity contribution < 1.29 is 68.3 Å². The molecule has 0 aliphatic carbocycles. The number of carbonyl (C=O) groups excluding carboxylic acids is 1. The molecule has 2 atom stereocenters. The number of aliphatic carboxylic acids is 1. The first-order valence-electron chi connectivity index (χ1n) is 11.0. The normalized spacial score (nSPS) is 12.9. The molecular weight excluding hydrogens is 466 g/mol. The Balaban J connectivity index is 0.00000612. The van der Waals surface area contributed by atoms with Crippen molar-refractivity contribution in [3.63, 3.8) is 0 Å². The van der Waals surface area contributed by atoms with Crippen molar-refractivity contribution in [2.75, 3.05) is 27.4 Å². The zero-order valence-electron chi connectivity index (χ0n) is 20.9. The molecule has 0 saturated heterocycles. The van der Waals surface area contributed by atoms with Gasteiger partial charge < -0.3 is 34.3 Å². The van der Waals surface area contributed by atoms with E-state index in [0.717, 1.165) is 11.1 Å². The average molecular weight is 499 g/mol. The van der Waals surface area contributed by atoms with Gasteiger partial charge in [0.25, 0.3) is 0 Å². The van der Waals surface area contributed by atoms with Gasteiger partial charge in [0.05, 0.1) is 25.9 Å². The van der Waals surface area contributed by atoms with Crippen molar-refractivity contribution in [1.29, 1.82) is 0 Å². The molecule has 2 aromatic rings. The van der Waals surface area contributed by atoms with Gasteiger partial charge in [-0.3, -0.25) is 0 Å². The number of rotatable bonds is 13. The molecule has 186 valence electrons. The van der Waals surface area contributed by atoms with E-state index in [9.17, 15) is 24.5 Å². The van der Waals surface area contributed by atoms with Gasteiger partial charge in [0.2, 0.25) is 0 Å². The monoisotopic (exact) mass is 498 g/mol. The maximum Gasteiger partial charge on any atom is 1.00 e. The van der Waals surface area contributed by atoms with Crippen LogP contribution in [0.1, 0.15) is 43.7 Å². The van der Waals surface area contributed by atoms with Crippen LogP contribution in [0.5, 0.6) is 11.5 Å². The average Bonchev–Trinajstić information content (AvgIpc) is 2.77. The molecule has 0 heterocycles. The number of ether oxygens (including phenoxy) is 3. The van der Waals surface area contributed by atoms with Gasteiger partial charge in [-0.05, 0) is 40.8 Å². The summed E-state index contributed by atoms with van der Waals surface area (Å²) in [5.74, 6) is -0.773. The summed E-state index contributed by atoms with van der Waals surface area (Å²) in [6.45, 7) is 4.70. The minimum Gasteiger partial charge on any atom is -0.550 e. The molecule has 0 aromatic heterocycles. The number of carboxylic acid groups (broad SMARTS) is 1. The van der Waals surface area contributed by atoms with E-state index < -0.39 is 24.6 Å². The van der Waals surface area contributed by atoms with E-state index in [1.54, 1.807) is 25.3 Å². The molecule has 0 aliphatic heterocycles. The predicted molar refractivity (Wildman–Crippen MR) is 125 cm³/mol. The molecule has 0 aliphatic rings. The smallest absolute Gasteiger partial charge is 0.550 e. The molecule has 7 nitrogen and oxygen atoms in total. The number of benzene rings is 2. The predicted octanol–water partition coefficient (Wildman–Crippen LogP) is -0.0810. The Kier molecular flexibility index (Phi) is 13.5. The number of aliphatic hydroxyl groups excluding tert-OH is 2. The van der Waals surface area contributed by atoms with E-state index in [0.29, 0.717) is 35.8 Å². The third-order valence-electron chi connectivity index (χ3n) is 5.22. The molecule has 0 amide bonds. The van der Waals surface area contributed by atoms with Crippen molar-refractivity contribution in [3.05, 3.63) is 53.4 Å². The Labute approximate surface area is 227 Å². The Morgan fingerprint density at radius 2 is 1.80 bits per heavy atom. The molecule has 0 saturated carbocycles. The number of hydrogen-bond donors (Lipinski definition) is 2. The number of carbonyl (C=O) groups is 1. The van der Waals surface area contributed by atoms with Gasteiger partial charge in [-0.25, -0.2) is 4.39 Å². The summed E-state index contributed by atoms with van der Waals surface area (Å²) in [6, 6.07) is 7.83. The van der Waals surface area contributed by atoms with E-state index >= 15 is 0 Å². The molecule has 35 heavy (non-hydrogen) atoms. The van der Waals surface area contributed by atoms with Crippen molar-refractivity contribution in [2.24, 2.45) is 0 Å². The summed E-state index contributed by atoms with van der Waals surface area (Å²) in [7, 11) is 3.09. The number of aliphatic hydroxyl groups is 2. The minimum absolute atomic E-state index is 0. The maximum atomic E-state index is 13.7. The van der Waals surface area contributed by atoms with Crippen LogP contribution in [-0.4, -0.2) is 55.8 Å². The molecule has 0 spiro atoms. The van der Waals surface area contributed by atoms with E-state index in [4.69, 9.17) is 14.2 Å². The minimum atomic E-state index is -1.39. The molecule has 2 rings (SSSR count). The first-order chi connectivity index (χ1) is 16.2. The van der Waals surface area contributed by atoms with Crippen LogP contribution in [0.3, 0.4) is 0 Å². The number of carboxylic acids is 1. The fraction of sp³-hybridized carbons (Fsp3) is 0.423. The van der Waals surface area contributed by atoms with Gasteiger partial charge in [-0.1, -0.05) is 38.1 Å². The fourth-order valence-electron chi connectivity index (χ4n) is 3.62. The number of hydrogen-bond acceptors (Lipinski definition) is 7. The maximum absolute atomic E-state index is 13.7. The summed E-state index contributed by atoms with van der Waals surface area (Å²) in [4.78, 5) is 10.7. The van der Waals surface area contributed by atoms with Gasteiger partial charge in [0.15, 0.2) is 11.5 Å². The quantitative estimate of drug-likeness (QED) is 0.294. The molecular formula is C26H32FNaO7. The topological polar surface area (TPSA) is 108 Å². The van der Waals surface area contributed by atoms with Crippen LogP contribution >= 0.6 is 0 Å². The molecule has 9 heteroatoms. The summed E-state index contributed by atoms with van der Waals surface area (Å²) in [5, 5.41) is 30.9. The first kappa shape index (κ1) is 31.1. The number of halogens is 1. The van der Waals surface area contributed by atoms with Gasteiger partial charge in [0, 0.05) is 31.5 Å². The van der Waals surface area contributed by atoms with Crippen LogP contribution in [0.4, 0.5) is 4.39 Å². The van der Waals surface area contributed by atoms with Crippen LogP contribution < -0.4 is 44.1 Å². The Bertz CT molecular complexity index is 977. The summed E-state index contributed by atoms with van der Waals surface area (Å²) >= 11 is 0. The molecule has 2 aromatic carbocycles. The molecule has 2 N–H and O–H groups in total. The second-order valence-electron chi connectivity index (χ2n) is 8.18. The summed E-state index contributed by atoms with van der Waals surface area (Å²) < 4.78 is 30.4. The van der Waals surface area contributed by atoms with Gasteiger partial charge >= 0.3 is 29.6 Å². The third kappa shape index (κ3) is 9.22. The van der Waals surface area contributed by atoms with Crippen LogP contribution in [0.15, 0.2) is 36.4 Å². The first-order valence-corrected chi connectivity index (χ1v) is 11.0. The van der Waals surface area contributed by atoms with Crippen molar-refractivity contribution in [3.8, 4) is 22.6 Å². The zero-order chi connectivity index (χ0) is 25.3. The van der Waals surface area contributed by atoms with Crippen molar-refractivity contribution in [1.82, 2.24) is 0 Å². The number of methoxy groups -OCH3 is 2. The third-order valence-corrected chi connectivity index (χ3v) is 5.22. The summed E-state index contributed by atoms with van der Waals surface area (Å²) in [6.07, 6.45) is 0.118. The second kappa shape index (κ2) is 15.2. The van der Waals surface area contributed by atoms with E-state index in [-0.39, 0.29) is 47.7 Å². The van der Waals surface area contributed by atoms with Crippen LogP contribution in [-0.2, 0) is 9.53 Å². The van der Waals surface area contributed by atoms with Crippen molar-refractivity contribution >= 4 is 12.0 Å². The van der Waals surface area contributed by atoms with Gasteiger partial charge in [0.1, 0.15) is 12.4 Å². The second-order valence-corrected chi connectivity index (χ2v) is 8.18. The Morgan fingerprint density at radius 3 is 2.34 bits per heavy atom. The van der Waals surface area contributed by atoms with Crippen LogP contribution in [0, 0.1) is 5.82 Å². The Morgan fingerprint density at radius 1 is 1.14 bits per heavy atom. The molecule has 2 unspecified atom stereocenters. The fourth-order valence-corrected chi connectivity index (χ4v) is 3.62. The van der Waals surface area contributed by atoms with E-state index in [2.05, 4.69) is 0 Å².